The van der Waals surface area contributed by atoms with Crippen molar-refractivity contribution in [1.29, 1.82) is 5.26 Å². The van der Waals surface area contributed by atoms with Gasteiger partial charge < -0.3 is 4.90 Å². The van der Waals surface area contributed by atoms with E-state index in [9.17, 15) is 5.26 Å². The zero-order chi connectivity index (χ0) is 13.2. The third-order valence-electron chi connectivity index (χ3n) is 4.42. The highest BCUT2D eigenvalue weighted by molar-refractivity contribution is 5.58. The van der Waals surface area contributed by atoms with Crippen molar-refractivity contribution in [3.63, 3.8) is 0 Å². The van der Waals surface area contributed by atoms with Gasteiger partial charge in [0.15, 0.2) is 0 Å². The van der Waals surface area contributed by atoms with Crippen molar-refractivity contribution in [2.45, 2.75) is 38.3 Å². The van der Waals surface area contributed by atoms with Crippen molar-refractivity contribution in [2.75, 3.05) is 24.5 Å². The molecule has 19 heavy (non-hydrogen) atoms. The Kier molecular flexibility index (Phi) is 3.39. The molecule has 4 heteroatoms. The van der Waals surface area contributed by atoms with Gasteiger partial charge in [-0.25, -0.2) is 0 Å². The minimum atomic E-state index is 0.450. The molecule has 0 N–H and O–H groups in total. The molecule has 0 aromatic carbocycles. The molecule has 2 fully saturated rings. The van der Waals surface area contributed by atoms with Crippen LogP contribution in [0, 0.1) is 11.3 Å². The summed E-state index contributed by atoms with van der Waals surface area (Å²) in [6.07, 6.45) is 7.49. The van der Waals surface area contributed by atoms with Gasteiger partial charge in [-0.3, -0.25) is 9.88 Å². The van der Waals surface area contributed by atoms with Gasteiger partial charge in [-0.2, -0.15) is 5.26 Å². The van der Waals surface area contributed by atoms with E-state index < -0.39 is 0 Å². The summed E-state index contributed by atoms with van der Waals surface area (Å²) in [7, 11) is 0. The maximum absolute atomic E-state index is 9.25. The first kappa shape index (κ1) is 12.4. The van der Waals surface area contributed by atoms with Crippen LogP contribution in [0.4, 0.5) is 5.69 Å². The summed E-state index contributed by atoms with van der Waals surface area (Å²) in [5, 5.41) is 9.25. The van der Waals surface area contributed by atoms with E-state index in [2.05, 4.69) is 27.8 Å². The van der Waals surface area contributed by atoms with E-state index in [1.165, 1.54) is 25.8 Å². The highest BCUT2D eigenvalue weighted by atomic mass is 15.3. The standard InChI is InChI=1S/C15H20N4/c1-12-10-18-7-3-2-4-14(18)11-19(12)15-9-17-6-5-13(15)8-16/h5-6,9,12,14H,2-4,7,10-11H2,1H3. The number of fused-ring (bicyclic) bond motifs is 1. The van der Waals surface area contributed by atoms with Gasteiger partial charge in [0.2, 0.25) is 0 Å². The number of aromatic nitrogens is 1. The lowest BCUT2D eigenvalue weighted by Gasteiger charge is -2.48. The summed E-state index contributed by atoms with van der Waals surface area (Å²) in [6.45, 7) is 5.62. The minimum Gasteiger partial charge on any atom is -0.364 e. The number of hydrogen-bond donors (Lipinski definition) is 0. The molecule has 0 bridgehead atoms. The first-order chi connectivity index (χ1) is 9.29. The quantitative estimate of drug-likeness (QED) is 0.771. The van der Waals surface area contributed by atoms with E-state index >= 15 is 0 Å². The van der Waals surface area contributed by atoms with Gasteiger partial charge in [-0.05, 0) is 32.4 Å². The SMILES string of the molecule is CC1CN2CCCCC2CN1c1cnccc1C#N. The molecule has 2 aliphatic rings. The topological polar surface area (TPSA) is 43.2 Å². The molecule has 0 radical (unpaired) electrons. The second-order valence-electron chi connectivity index (χ2n) is 5.65. The predicted octanol–water partition coefficient (Wildman–Crippen LogP) is 2.02. The van der Waals surface area contributed by atoms with E-state index in [-0.39, 0.29) is 0 Å². The Morgan fingerprint density at radius 2 is 2.26 bits per heavy atom. The van der Waals surface area contributed by atoms with Gasteiger partial charge >= 0.3 is 0 Å². The van der Waals surface area contributed by atoms with E-state index in [0.29, 0.717) is 12.1 Å². The Labute approximate surface area is 114 Å². The fraction of sp³-hybridized carbons (Fsp3) is 0.600. The van der Waals surface area contributed by atoms with Crippen molar-refractivity contribution in [2.24, 2.45) is 0 Å². The monoisotopic (exact) mass is 256 g/mol. The van der Waals surface area contributed by atoms with Gasteiger partial charge in [0.05, 0.1) is 17.4 Å². The number of piperazine rings is 1. The summed E-state index contributed by atoms with van der Waals surface area (Å²) in [5.74, 6) is 0. The molecular formula is C15H20N4. The maximum atomic E-state index is 9.25. The largest absolute Gasteiger partial charge is 0.364 e. The summed E-state index contributed by atoms with van der Waals surface area (Å²) in [4.78, 5) is 9.19. The number of nitriles is 1. The molecule has 2 atom stereocenters. The Hall–Kier alpha value is -1.60. The van der Waals surface area contributed by atoms with E-state index in [1.807, 2.05) is 12.3 Å². The second-order valence-corrected chi connectivity index (χ2v) is 5.65. The molecule has 2 unspecified atom stereocenters. The van der Waals surface area contributed by atoms with Crippen LogP contribution in [0.3, 0.4) is 0 Å². The molecule has 3 heterocycles. The minimum absolute atomic E-state index is 0.450. The first-order valence-electron chi connectivity index (χ1n) is 7.14. The Morgan fingerprint density at radius 1 is 1.37 bits per heavy atom. The molecule has 100 valence electrons. The normalized spacial score (nSPS) is 27.7. The zero-order valence-electron chi connectivity index (χ0n) is 11.4. The van der Waals surface area contributed by atoms with Crippen LogP contribution >= 0.6 is 0 Å². The lowest BCUT2D eigenvalue weighted by atomic mass is 9.96. The molecule has 2 aliphatic heterocycles. The summed E-state index contributed by atoms with van der Waals surface area (Å²) >= 11 is 0. The van der Waals surface area contributed by atoms with Crippen molar-refractivity contribution < 1.29 is 0 Å². The van der Waals surface area contributed by atoms with Gasteiger partial charge in [0.1, 0.15) is 6.07 Å². The third-order valence-corrected chi connectivity index (χ3v) is 4.42. The van der Waals surface area contributed by atoms with Crippen molar-refractivity contribution in [1.82, 2.24) is 9.88 Å². The van der Waals surface area contributed by atoms with Crippen LogP contribution in [0.1, 0.15) is 31.7 Å². The van der Waals surface area contributed by atoms with Crippen molar-refractivity contribution in [3.8, 4) is 6.07 Å². The molecule has 1 aromatic heterocycles. The molecule has 1 aromatic rings. The number of pyridine rings is 1. The van der Waals surface area contributed by atoms with Crippen LogP contribution in [0.15, 0.2) is 18.5 Å². The Bertz CT molecular complexity index is 493. The van der Waals surface area contributed by atoms with Crippen molar-refractivity contribution in [3.05, 3.63) is 24.0 Å². The highest BCUT2D eigenvalue weighted by Gasteiger charge is 2.33. The second kappa shape index (κ2) is 5.18. The molecule has 0 aliphatic carbocycles. The number of piperidine rings is 1. The van der Waals surface area contributed by atoms with Gasteiger partial charge in [0.25, 0.3) is 0 Å². The van der Waals surface area contributed by atoms with E-state index in [0.717, 1.165) is 24.3 Å². The third kappa shape index (κ3) is 2.31. The molecule has 4 nitrogen and oxygen atoms in total. The molecular weight excluding hydrogens is 236 g/mol. The summed E-state index contributed by atoms with van der Waals surface area (Å²) in [5.41, 5.74) is 1.74. The average molecular weight is 256 g/mol. The smallest absolute Gasteiger partial charge is 0.101 e. The molecule has 0 spiro atoms. The fourth-order valence-corrected chi connectivity index (χ4v) is 3.40. The molecule has 3 rings (SSSR count). The van der Waals surface area contributed by atoms with Crippen LogP contribution < -0.4 is 4.90 Å². The molecule has 0 amide bonds. The zero-order valence-corrected chi connectivity index (χ0v) is 11.4. The Morgan fingerprint density at radius 3 is 3.11 bits per heavy atom. The highest BCUT2D eigenvalue weighted by Crippen LogP contribution is 2.29. The van der Waals surface area contributed by atoms with E-state index in [1.54, 1.807) is 6.20 Å². The average Bonchev–Trinajstić information content (AvgIpc) is 2.46. The molecule has 0 saturated carbocycles. The predicted molar refractivity (Wildman–Crippen MR) is 75.0 cm³/mol. The maximum Gasteiger partial charge on any atom is 0.101 e. The number of rotatable bonds is 1. The van der Waals surface area contributed by atoms with Gasteiger partial charge in [-0.15, -0.1) is 0 Å². The first-order valence-corrected chi connectivity index (χ1v) is 7.14. The van der Waals surface area contributed by atoms with Gasteiger partial charge in [-0.1, -0.05) is 6.42 Å². The van der Waals surface area contributed by atoms with Crippen LogP contribution in [0.5, 0.6) is 0 Å². The van der Waals surface area contributed by atoms with Crippen LogP contribution in [-0.4, -0.2) is 41.6 Å². The van der Waals surface area contributed by atoms with Crippen LogP contribution in [0.2, 0.25) is 0 Å². The lowest BCUT2D eigenvalue weighted by Crippen LogP contribution is -2.59. The Balaban J connectivity index is 1.86. The van der Waals surface area contributed by atoms with Crippen LogP contribution in [0.25, 0.3) is 0 Å². The van der Waals surface area contributed by atoms with E-state index in [4.69, 9.17) is 0 Å². The lowest BCUT2D eigenvalue weighted by molar-refractivity contribution is 0.115. The van der Waals surface area contributed by atoms with Crippen molar-refractivity contribution >= 4 is 5.69 Å². The number of hydrogen-bond acceptors (Lipinski definition) is 4. The molecule has 2 saturated heterocycles. The number of nitrogens with zero attached hydrogens (tertiary/aromatic N) is 4. The number of anilines is 1. The fourth-order valence-electron chi connectivity index (χ4n) is 3.40. The van der Waals surface area contributed by atoms with Crippen LogP contribution in [-0.2, 0) is 0 Å². The summed E-state index contributed by atoms with van der Waals surface area (Å²) in [6, 6.07) is 5.20. The van der Waals surface area contributed by atoms with Gasteiger partial charge in [0, 0.05) is 31.4 Å². The summed E-state index contributed by atoms with van der Waals surface area (Å²) < 4.78 is 0.